The Hall–Kier alpha value is -0.610. The standard InChI is InChI=1S/C4H8N2O2/c5-4(7)3-1-2-8-6-3/h3,6H,1-2H2,(H2,5,7)/t3-/m0/s1. The third-order valence-corrected chi connectivity index (χ3v) is 1.08. The lowest BCUT2D eigenvalue weighted by Gasteiger charge is -1.98. The predicted octanol–water partition coefficient (Wildman–Crippen LogP) is -1.23. The fourth-order valence-corrected chi connectivity index (χ4v) is 0.596. The van der Waals surface area contributed by atoms with E-state index in [9.17, 15) is 4.79 Å². The van der Waals surface area contributed by atoms with Crippen molar-refractivity contribution in [1.82, 2.24) is 5.48 Å². The minimum atomic E-state index is -0.345. The summed E-state index contributed by atoms with van der Waals surface area (Å²) < 4.78 is 0. The number of hydrogen-bond donors (Lipinski definition) is 2. The van der Waals surface area contributed by atoms with Gasteiger partial charge in [0.2, 0.25) is 5.91 Å². The smallest absolute Gasteiger partial charge is 0.236 e. The number of rotatable bonds is 1. The Balaban J connectivity index is 2.35. The van der Waals surface area contributed by atoms with E-state index in [0.29, 0.717) is 13.0 Å². The molecule has 0 aliphatic carbocycles. The van der Waals surface area contributed by atoms with Crippen molar-refractivity contribution in [1.29, 1.82) is 0 Å². The third kappa shape index (κ3) is 0.962. The second-order valence-corrected chi connectivity index (χ2v) is 1.71. The molecule has 46 valence electrons. The molecule has 3 N–H and O–H groups in total. The Kier molecular flexibility index (Phi) is 1.45. The van der Waals surface area contributed by atoms with Crippen LogP contribution in [0.4, 0.5) is 0 Å². The van der Waals surface area contributed by atoms with Crippen molar-refractivity contribution in [3.05, 3.63) is 0 Å². The first kappa shape index (κ1) is 5.53. The quantitative estimate of drug-likeness (QED) is 0.450. The molecule has 1 aliphatic rings. The van der Waals surface area contributed by atoms with Gasteiger partial charge in [-0.15, -0.1) is 0 Å². The number of carbonyl (C=O) groups is 1. The molecule has 1 saturated heterocycles. The Labute approximate surface area is 46.9 Å². The van der Waals surface area contributed by atoms with Gasteiger partial charge in [0, 0.05) is 0 Å². The monoisotopic (exact) mass is 116 g/mol. The van der Waals surface area contributed by atoms with Gasteiger partial charge in [0.15, 0.2) is 0 Å². The normalized spacial score (nSPS) is 28.2. The number of nitrogens with two attached hydrogens (primary N) is 1. The van der Waals surface area contributed by atoms with Gasteiger partial charge in [-0.2, -0.15) is 5.48 Å². The molecule has 4 heteroatoms. The summed E-state index contributed by atoms with van der Waals surface area (Å²) in [5, 5.41) is 0. The zero-order chi connectivity index (χ0) is 5.98. The van der Waals surface area contributed by atoms with Crippen molar-refractivity contribution in [2.45, 2.75) is 12.5 Å². The van der Waals surface area contributed by atoms with Crippen LogP contribution < -0.4 is 11.2 Å². The van der Waals surface area contributed by atoms with Crippen LogP contribution in [0.15, 0.2) is 0 Å². The molecule has 1 amide bonds. The molecule has 0 spiro atoms. The van der Waals surface area contributed by atoms with Crippen molar-refractivity contribution >= 4 is 5.91 Å². The van der Waals surface area contributed by atoms with Crippen LogP contribution in [0.1, 0.15) is 6.42 Å². The maximum Gasteiger partial charge on any atom is 0.236 e. The van der Waals surface area contributed by atoms with Crippen LogP contribution in [0.2, 0.25) is 0 Å². The van der Waals surface area contributed by atoms with Crippen molar-refractivity contribution in [3.63, 3.8) is 0 Å². The lowest BCUT2D eigenvalue weighted by Crippen LogP contribution is -2.35. The number of hydroxylamine groups is 1. The molecule has 0 unspecified atom stereocenters. The average Bonchev–Trinajstić information content (AvgIpc) is 2.12. The van der Waals surface area contributed by atoms with Gasteiger partial charge in [-0.1, -0.05) is 0 Å². The largest absolute Gasteiger partial charge is 0.368 e. The van der Waals surface area contributed by atoms with E-state index in [1.54, 1.807) is 0 Å². The molecule has 0 aromatic rings. The van der Waals surface area contributed by atoms with Crippen molar-refractivity contribution in [2.24, 2.45) is 5.73 Å². The van der Waals surface area contributed by atoms with Crippen molar-refractivity contribution in [2.75, 3.05) is 6.61 Å². The Morgan fingerprint density at radius 2 is 2.62 bits per heavy atom. The van der Waals surface area contributed by atoms with E-state index in [-0.39, 0.29) is 11.9 Å². The molecular weight excluding hydrogens is 108 g/mol. The molecule has 0 radical (unpaired) electrons. The van der Waals surface area contributed by atoms with E-state index in [1.165, 1.54) is 0 Å². The summed E-state index contributed by atoms with van der Waals surface area (Å²) in [6, 6.07) is -0.269. The zero-order valence-corrected chi connectivity index (χ0v) is 4.39. The van der Waals surface area contributed by atoms with Crippen LogP contribution in [0.3, 0.4) is 0 Å². The number of carbonyl (C=O) groups excluding carboxylic acids is 1. The Morgan fingerprint density at radius 1 is 1.88 bits per heavy atom. The summed E-state index contributed by atoms with van der Waals surface area (Å²) in [5.41, 5.74) is 7.40. The summed E-state index contributed by atoms with van der Waals surface area (Å²) in [7, 11) is 0. The third-order valence-electron chi connectivity index (χ3n) is 1.08. The molecule has 4 nitrogen and oxygen atoms in total. The second kappa shape index (κ2) is 2.11. The summed E-state index contributed by atoms with van der Waals surface area (Å²) in [4.78, 5) is 14.9. The van der Waals surface area contributed by atoms with Gasteiger partial charge < -0.3 is 10.6 Å². The molecule has 1 fully saturated rings. The molecule has 8 heavy (non-hydrogen) atoms. The summed E-state index contributed by atoms with van der Waals surface area (Å²) in [6.07, 6.45) is 0.690. The number of primary amides is 1. The molecule has 1 aliphatic heterocycles. The Bertz CT molecular complexity index is 98.2. The highest BCUT2D eigenvalue weighted by molar-refractivity contribution is 5.79. The summed E-state index contributed by atoms with van der Waals surface area (Å²) in [6.45, 7) is 0.577. The minimum absolute atomic E-state index is 0.269. The van der Waals surface area contributed by atoms with Crippen molar-refractivity contribution < 1.29 is 9.63 Å². The molecule has 1 rings (SSSR count). The van der Waals surface area contributed by atoms with Gasteiger partial charge in [0.05, 0.1) is 6.61 Å². The van der Waals surface area contributed by atoms with Crippen LogP contribution in [-0.4, -0.2) is 18.6 Å². The lowest BCUT2D eigenvalue weighted by molar-refractivity contribution is -0.121. The van der Waals surface area contributed by atoms with E-state index in [2.05, 4.69) is 10.3 Å². The fourth-order valence-electron chi connectivity index (χ4n) is 0.596. The fraction of sp³-hybridized carbons (Fsp3) is 0.750. The minimum Gasteiger partial charge on any atom is -0.368 e. The van der Waals surface area contributed by atoms with E-state index in [4.69, 9.17) is 5.73 Å². The number of amides is 1. The molecule has 1 atom stereocenters. The highest BCUT2D eigenvalue weighted by atomic mass is 16.7. The summed E-state index contributed by atoms with van der Waals surface area (Å²) in [5.74, 6) is -0.345. The summed E-state index contributed by atoms with van der Waals surface area (Å²) >= 11 is 0. The van der Waals surface area contributed by atoms with E-state index < -0.39 is 0 Å². The highest BCUT2D eigenvalue weighted by Gasteiger charge is 2.19. The van der Waals surface area contributed by atoms with E-state index in [1.807, 2.05) is 0 Å². The van der Waals surface area contributed by atoms with Gasteiger partial charge in [0.25, 0.3) is 0 Å². The first-order chi connectivity index (χ1) is 3.80. The van der Waals surface area contributed by atoms with Gasteiger partial charge in [-0.25, -0.2) is 0 Å². The molecular formula is C4H8N2O2. The molecule has 0 aromatic carbocycles. The first-order valence-corrected chi connectivity index (χ1v) is 2.47. The topological polar surface area (TPSA) is 64.4 Å². The number of hydrogen-bond acceptors (Lipinski definition) is 3. The van der Waals surface area contributed by atoms with Crippen LogP contribution in [0.25, 0.3) is 0 Å². The van der Waals surface area contributed by atoms with Gasteiger partial charge >= 0.3 is 0 Å². The predicted molar refractivity (Wildman–Crippen MR) is 26.7 cm³/mol. The van der Waals surface area contributed by atoms with Crippen LogP contribution in [-0.2, 0) is 9.63 Å². The maximum atomic E-state index is 10.3. The Morgan fingerprint density at radius 3 is 2.88 bits per heavy atom. The second-order valence-electron chi connectivity index (χ2n) is 1.71. The van der Waals surface area contributed by atoms with Crippen LogP contribution in [0.5, 0.6) is 0 Å². The van der Waals surface area contributed by atoms with E-state index in [0.717, 1.165) is 0 Å². The number of nitrogens with one attached hydrogen (secondary N) is 1. The molecule has 0 saturated carbocycles. The van der Waals surface area contributed by atoms with Crippen LogP contribution in [0, 0.1) is 0 Å². The molecule has 1 heterocycles. The van der Waals surface area contributed by atoms with Crippen LogP contribution >= 0.6 is 0 Å². The SMILES string of the molecule is NC(=O)[C@@H]1CCON1. The van der Waals surface area contributed by atoms with E-state index >= 15 is 0 Å². The zero-order valence-electron chi connectivity index (χ0n) is 4.39. The van der Waals surface area contributed by atoms with Crippen molar-refractivity contribution in [3.8, 4) is 0 Å². The van der Waals surface area contributed by atoms with Gasteiger partial charge in [0.1, 0.15) is 6.04 Å². The van der Waals surface area contributed by atoms with Gasteiger partial charge in [-0.05, 0) is 6.42 Å². The maximum absolute atomic E-state index is 10.3. The molecule has 0 bridgehead atoms. The lowest BCUT2D eigenvalue weighted by atomic mass is 10.2. The average molecular weight is 116 g/mol. The highest BCUT2D eigenvalue weighted by Crippen LogP contribution is 1.98. The first-order valence-electron chi connectivity index (χ1n) is 2.47. The molecule has 0 aromatic heterocycles. The van der Waals surface area contributed by atoms with Gasteiger partial charge in [-0.3, -0.25) is 4.79 Å².